The van der Waals surface area contributed by atoms with Gasteiger partial charge in [-0.2, -0.15) is 10.3 Å². The minimum atomic E-state index is -0.106. The van der Waals surface area contributed by atoms with E-state index in [1.807, 2.05) is 85.5 Å². The summed E-state index contributed by atoms with van der Waals surface area (Å²) in [5, 5.41) is 21.5. The number of ether oxygens (including phenoxy) is 1. The number of rotatable bonds is 8. The van der Waals surface area contributed by atoms with E-state index in [-0.39, 0.29) is 11.9 Å². The Labute approximate surface area is 310 Å². The van der Waals surface area contributed by atoms with Gasteiger partial charge in [0.25, 0.3) is 5.91 Å². The highest BCUT2D eigenvalue weighted by molar-refractivity contribution is 6.35. The van der Waals surface area contributed by atoms with E-state index in [9.17, 15) is 0 Å². The molecule has 5 aromatic heterocycles. The molecule has 7 aromatic rings. The minimum Gasteiger partial charge on any atom is -0.494 e. The fourth-order valence-electron chi connectivity index (χ4n) is 7.77. The molecule has 2 aromatic carbocycles. The van der Waals surface area contributed by atoms with Crippen LogP contribution in [-0.2, 0) is 20.5 Å². The van der Waals surface area contributed by atoms with Crippen LogP contribution in [0.25, 0.3) is 44.6 Å². The zero-order valence-corrected chi connectivity index (χ0v) is 31.6. The summed E-state index contributed by atoms with van der Waals surface area (Å²) in [7, 11) is 3.90. The SMILES string of the molecule is Cc1cc(OCCCc2c3n(c4c(-c5c(C)nn(C)c5C)c(Cl)ccc24)[C@H](C)CN(c2cn(C)c4ccc(-c5nn[nH]n5)nc24)C3=O)cc(C)c1Cl. The van der Waals surface area contributed by atoms with E-state index in [1.54, 1.807) is 0 Å². The highest BCUT2D eigenvalue weighted by Gasteiger charge is 2.38. The van der Waals surface area contributed by atoms with Crippen LogP contribution in [0.5, 0.6) is 5.75 Å². The first kappa shape index (κ1) is 33.9. The Morgan fingerprint density at radius 1 is 1.02 bits per heavy atom. The Hall–Kier alpha value is -5.20. The van der Waals surface area contributed by atoms with Crippen LogP contribution in [0, 0.1) is 27.7 Å². The summed E-state index contributed by atoms with van der Waals surface area (Å²) in [6.07, 6.45) is 3.26. The lowest BCUT2D eigenvalue weighted by molar-refractivity contribution is 0.0957. The fourth-order valence-corrected chi connectivity index (χ4v) is 8.12. The number of fused-ring (bicyclic) bond motifs is 4. The molecule has 0 spiro atoms. The number of hydrogen-bond acceptors (Lipinski definition) is 7. The fraction of sp³-hybridized carbons (Fsp3) is 0.316. The lowest BCUT2D eigenvalue weighted by atomic mass is 9.98. The first-order valence-corrected chi connectivity index (χ1v) is 18.0. The first-order chi connectivity index (χ1) is 24.9. The van der Waals surface area contributed by atoms with Crippen LogP contribution in [0.15, 0.2) is 42.6 Å². The third-order valence-electron chi connectivity index (χ3n) is 10.2. The number of amides is 1. The van der Waals surface area contributed by atoms with E-state index in [0.717, 1.165) is 72.1 Å². The number of halogens is 2. The number of hydrogen-bond donors (Lipinski definition) is 1. The van der Waals surface area contributed by atoms with Crippen molar-refractivity contribution in [1.82, 2.24) is 44.5 Å². The molecule has 0 bridgehead atoms. The Morgan fingerprint density at radius 2 is 1.79 bits per heavy atom. The molecule has 1 atom stereocenters. The van der Waals surface area contributed by atoms with Crippen molar-refractivity contribution in [2.45, 2.75) is 53.5 Å². The topological polar surface area (TPSA) is 125 Å². The molecule has 0 radical (unpaired) electrons. The summed E-state index contributed by atoms with van der Waals surface area (Å²) in [5.41, 5.74) is 11.1. The average Bonchev–Trinajstić information content (AvgIpc) is 3.89. The number of pyridine rings is 1. The van der Waals surface area contributed by atoms with E-state index < -0.39 is 0 Å². The number of nitrogens with zero attached hydrogens (tertiary/aromatic N) is 9. The van der Waals surface area contributed by atoms with E-state index in [0.29, 0.717) is 53.7 Å². The molecule has 0 saturated heterocycles. The second-order valence-electron chi connectivity index (χ2n) is 13.7. The summed E-state index contributed by atoms with van der Waals surface area (Å²) in [6.45, 7) is 11.1. The van der Waals surface area contributed by atoms with Crippen molar-refractivity contribution in [1.29, 1.82) is 0 Å². The Bertz CT molecular complexity index is 2520. The largest absolute Gasteiger partial charge is 0.494 e. The van der Waals surface area contributed by atoms with Crippen LogP contribution < -0.4 is 9.64 Å². The number of benzene rings is 2. The van der Waals surface area contributed by atoms with Crippen LogP contribution in [0.3, 0.4) is 0 Å². The predicted molar refractivity (Wildman–Crippen MR) is 204 cm³/mol. The number of tetrazole rings is 1. The summed E-state index contributed by atoms with van der Waals surface area (Å²) in [4.78, 5) is 21.9. The van der Waals surface area contributed by atoms with Gasteiger partial charge in [0.05, 0.1) is 34.0 Å². The first-order valence-electron chi connectivity index (χ1n) is 17.2. The van der Waals surface area contributed by atoms with Crippen molar-refractivity contribution in [3.05, 3.63) is 86.4 Å². The van der Waals surface area contributed by atoms with Crippen molar-refractivity contribution in [3.63, 3.8) is 0 Å². The third-order valence-corrected chi connectivity index (χ3v) is 11.2. The van der Waals surface area contributed by atoms with Crippen molar-refractivity contribution < 1.29 is 9.53 Å². The maximum atomic E-state index is 15.1. The number of anilines is 1. The molecule has 1 aliphatic heterocycles. The molecule has 12 nitrogen and oxygen atoms in total. The number of aromatic nitrogens is 9. The Kier molecular flexibility index (Phi) is 8.34. The van der Waals surface area contributed by atoms with Crippen LogP contribution in [0.1, 0.15) is 58.0 Å². The molecule has 52 heavy (non-hydrogen) atoms. The van der Waals surface area contributed by atoms with Crippen LogP contribution in [0.2, 0.25) is 10.0 Å². The van der Waals surface area contributed by atoms with Crippen LogP contribution >= 0.6 is 23.2 Å². The van der Waals surface area contributed by atoms with E-state index in [4.69, 9.17) is 38.0 Å². The molecule has 1 N–H and O–H groups in total. The number of aryl methyl sites for hydroxylation is 6. The summed E-state index contributed by atoms with van der Waals surface area (Å²) in [6, 6.07) is 11.6. The lowest BCUT2D eigenvalue weighted by Gasteiger charge is -2.34. The molecule has 14 heteroatoms. The number of carbonyl (C=O) groups is 1. The van der Waals surface area contributed by atoms with Gasteiger partial charge in [0, 0.05) is 60.1 Å². The van der Waals surface area contributed by atoms with Gasteiger partial charge in [-0.1, -0.05) is 29.3 Å². The number of aromatic amines is 1. The number of carbonyl (C=O) groups excluding carboxylic acids is 1. The van der Waals surface area contributed by atoms with Gasteiger partial charge in [0.15, 0.2) is 0 Å². The smallest absolute Gasteiger partial charge is 0.275 e. The quantitative estimate of drug-likeness (QED) is 0.157. The number of nitrogens with one attached hydrogen (secondary N) is 1. The molecule has 8 rings (SSSR count). The predicted octanol–water partition coefficient (Wildman–Crippen LogP) is 7.88. The van der Waals surface area contributed by atoms with Gasteiger partial charge < -0.3 is 18.8 Å². The molecule has 1 aliphatic rings. The second-order valence-corrected chi connectivity index (χ2v) is 14.5. The Morgan fingerprint density at radius 3 is 2.48 bits per heavy atom. The van der Waals surface area contributed by atoms with Gasteiger partial charge in [-0.3, -0.25) is 9.48 Å². The van der Waals surface area contributed by atoms with Gasteiger partial charge in [0.1, 0.15) is 22.7 Å². The van der Waals surface area contributed by atoms with Crippen LogP contribution in [0.4, 0.5) is 5.69 Å². The normalized spacial score (nSPS) is 14.6. The van der Waals surface area contributed by atoms with Gasteiger partial charge in [-0.05, 0) is 99.7 Å². The third kappa shape index (κ3) is 5.35. The second kappa shape index (κ2) is 12.8. The standard InChI is InChI=1S/C38H38Cl2N10O2/c1-19-15-24(16-20(2)33(19)40)52-14-8-9-25-26-10-11-27(39)32(31-22(4)44-48(7)23(31)5)35(26)50-21(3)17-49(38(51)36(25)50)30-18-47(6)29-13-12-28(41-34(29)30)37-42-45-46-43-37/h10-13,15-16,18,21H,8-9,14,17H2,1-7H3,(H,42,43,45,46)/t21-/m1/s1. The summed E-state index contributed by atoms with van der Waals surface area (Å²) >= 11 is 13.5. The highest BCUT2D eigenvalue weighted by Crippen LogP contribution is 2.45. The highest BCUT2D eigenvalue weighted by atomic mass is 35.5. The zero-order valence-electron chi connectivity index (χ0n) is 30.0. The van der Waals surface area contributed by atoms with Gasteiger partial charge in [-0.25, -0.2) is 4.98 Å². The van der Waals surface area contributed by atoms with Gasteiger partial charge in [0.2, 0.25) is 5.82 Å². The van der Waals surface area contributed by atoms with E-state index >= 15 is 4.79 Å². The molecule has 266 valence electrons. The summed E-state index contributed by atoms with van der Waals surface area (Å²) in [5.74, 6) is 1.06. The molecule has 1 amide bonds. The van der Waals surface area contributed by atoms with Gasteiger partial charge >= 0.3 is 0 Å². The maximum Gasteiger partial charge on any atom is 0.275 e. The molecule has 0 saturated carbocycles. The molecule has 0 fully saturated rings. The molecular weight excluding hydrogens is 699 g/mol. The van der Waals surface area contributed by atoms with Crippen LogP contribution in [-0.4, -0.2) is 63.6 Å². The van der Waals surface area contributed by atoms with Crippen molar-refractivity contribution in [2.24, 2.45) is 14.1 Å². The van der Waals surface area contributed by atoms with E-state index in [1.165, 1.54) is 0 Å². The maximum absolute atomic E-state index is 15.1. The monoisotopic (exact) mass is 736 g/mol. The average molecular weight is 738 g/mol. The van der Waals surface area contributed by atoms with E-state index in [2.05, 4.69) is 45.1 Å². The molecule has 6 heterocycles. The molecular formula is C38H38Cl2N10O2. The van der Waals surface area contributed by atoms with Crippen molar-refractivity contribution in [3.8, 4) is 28.4 Å². The lowest BCUT2D eigenvalue weighted by Crippen LogP contribution is -2.42. The van der Waals surface area contributed by atoms with Crippen molar-refractivity contribution >= 4 is 56.7 Å². The minimum absolute atomic E-state index is 0.102. The molecule has 0 unspecified atom stereocenters. The Balaban J connectivity index is 1.26. The number of H-pyrrole nitrogens is 1. The van der Waals surface area contributed by atoms with Gasteiger partial charge in [-0.15, -0.1) is 10.2 Å². The summed E-state index contributed by atoms with van der Waals surface area (Å²) < 4.78 is 12.3. The van der Waals surface area contributed by atoms with Crippen molar-refractivity contribution in [2.75, 3.05) is 18.1 Å². The molecule has 0 aliphatic carbocycles. The zero-order chi connectivity index (χ0) is 36.6.